The van der Waals surface area contributed by atoms with Gasteiger partial charge in [0.25, 0.3) is 5.91 Å². The van der Waals surface area contributed by atoms with Gasteiger partial charge in [-0.25, -0.2) is 4.68 Å². The van der Waals surface area contributed by atoms with Gasteiger partial charge in [-0.1, -0.05) is 24.3 Å². The van der Waals surface area contributed by atoms with E-state index in [1.165, 1.54) is 0 Å². The number of nitriles is 1. The highest BCUT2D eigenvalue weighted by Crippen LogP contribution is 2.21. The summed E-state index contributed by atoms with van der Waals surface area (Å²) >= 11 is 0. The molecule has 1 amide bonds. The van der Waals surface area contributed by atoms with Crippen molar-refractivity contribution in [3.8, 4) is 11.8 Å². The molecule has 0 aliphatic carbocycles. The molecule has 3 rings (SSSR count). The van der Waals surface area contributed by atoms with Crippen molar-refractivity contribution in [2.75, 3.05) is 12.3 Å². The van der Waals surface area contributed by atoms with Crippen LogP contribution in [-0.2, 0) is 6.42 Å². The van der Waals surface area contributed by atoms with E-state index in [1.807, 2.05) is 62.4 Å². The van der Waals surface area contributed by atoms with Crippen molar-refractivity contribution in [1.29, 1.82) is 5.26 Å². The quantitative estimate of drug-likeness (QED) is 0.648. The van der Waals surface area contributed by atoms with E-state index in [4.69, 9.17) is 5.73 Å². The SMILES string of the molecule is Cc1ccc(C(=O)NCCCc2nn(-c3ccccc3)c(N)c2C#N)cc1C. The molecule has 2 aromatic carbocycles. The van der Waals surface area contributed by atoms with Gasteiger partial charge in [0.15, 0.2) is 0 Å². The van der Waals surface area contributed by atoms with Crippen LogP contribution < -0.4 is 11.1 Å². The number of carbonyl (C=O) groups excluding carboxylic acids is 1. The highest BCUT2D eigenvalue weighted by atomic mass is 16.1. The van der Waals surface area contributed by atoms with E-state index in [-0.39, 0.29) is 5.91 Å². The number of rotatable bonds is 6. The lowest BCUT2D eigenvalue weighted by atomic mass is 10.1. The van der Waals surface area contributed by atoms with Gasteiger partial charge < -0.3 is 11.1 Å². The highest BCUT2D eigenvalue weighted by molar-refractivity contribution is 5.94. The first-order valence-corrected chi connectivity index (χ1v) is 9.19. The molecule has 0 saturated carbocycles. The number of amides is 1. The van der Waals surface area contributed by atoms with Crippen molar-refractivity contribution < 1.29 is 4.79 Å². The van der Waals surface area contributed by atoms with Crippen LogP contribution in [0.15, 0.2) is 48.5 Å². The van der Waals surface area contributed by atoms with Crippen LogP contribution >= 0.6 is 0 Å². The Balaban J connectivity index is 1.63. The molecule has 0 aliphatic heterocycles. The van der Waals surface area contributed by atoms with Gasteiger partial charge >= 0.3 is 0 Å². The van der Waals surface area contributed by atoms with Crippen LogP contribution in [-0.4, -0.2) is 22.2 Å². The van der Waals surface area contributed by atoms with Crippen LogP contribution in [0.3, 0.4) is 0 Å². The maximum absolute atomic E-state index is 12.3. The van der Waals surface area contributed by atoms with E-state index in [9.17, 15) is 10.1 Å². The number of aromatic nitrogens is 2. The molecule has 142 valence electrons. The Labute approximate surface area is 164 Å². The molecule has 1 aromatic heterocycles. The lowest BCUT2D eigenvalue weighted by Gasteiger charge is -2.07. The number of aryl methyl sites for hydroxylation is 3. The Morgan fingerprint density at radius 3 is 2.61 bits per heavy atom. The maximum atomic E-state index is 12.3. The Kier molecular flexibility index (Phi) is 5.75. The van der Waals surface area contributed by atoms with Gasteiger partial charge in [-0.15, -0.1) is 0 Å². The van der Waals surface area contributed by atoms with Gasteiger partial charge in [-0.3, -0.25) is 4.79 Å². The Morgan fingerprint density at radius 2 is 1.93 bits per heavy atom. The van der Waals surface area contributed by atoms with E-state index >= 15 is 0 Å². The topological polar surface area (TPSA) is 96.7 Å². The van der Waals surface area contributed by atoms with Crippen molar-refractivity contribution in [2.24, 2.45) is 0 Å². The second kappa shape index (κ2) is 8.40. The average molecular weight is 373 g/mol. The molecule has 3 aromatic rings. The lowest BCUT2D eigenvalue weighted by Crippen LogP contribution is -2.25. The summed E-state index contributed by atoms with van der Waals surface area (Å²) in [7, 11) is 0. The van der Waals surface area contributed by atoms with Crippen molar-refractivity contribution in [1.82, 2.24) is 15.1 Å². The first-order valence-electron chi connectivity index (χ1n) is 9.19. The number of para-hydroxylation sites is 1. The predicted molar refractivity (Wildman–Crippen MR) is 109 cm³/mol. The molecule has 6 heteroatoms. The van der Waals surface area contributed by atoms with E-state index in [0.717, 1.165) is 16.8 Å². The fourth-order valence-electron chi connectivity index (χ4n) is 2.98. The van der Waals surface area contributed by atoms with Gasteiger partial charge in [0.2, 0.25) is 0 Å². The number of benzene rings is 2. The normalized spacial score (nSPS) is 10.5. The largest absolute Gasteiger partial charge is 0.382 e. The van der Waals surface area contributed by atoms with E-state index in [1.54, 1.807) is 4.68 Å². The number of hydrogen-bond acceptors (Lipinski definition) is 4. The fourth-order valence-corrected chi connectivity index (χ4v) is 2.98. The molecule has 0 unspecified atom stereocenters. The molecule has 0 bridgehead atoms. The van der Waals surface area contributed by atoms with Crippen molar-refractivity contribution in [2.45, 2.75) is 26.7 Å². The van der Waals surface area contributed by atoms with Crippen LogP contribution in [0.25, 0.3) is 5.69 Å². The number of nitrogens with two attached hydrogens (primary N) is 1. The van der Waals surface area contributed by atoms with Crippen molar-refractivity contribution in [3.05, 3.63) is 76.5 Å². The van der Waals surface area contributed by atoms with E-state index in [2.05, 4.69) is 16.5 Å². The first kappa shape index (κ1) is 19.2. The third kappa shape index (κ3) is 4.04. The highest BCUT2D eigenvalue weighted by Gasteiger charge is 2.16. The Bertz CT molecular complexity index is 1030. The summed E-state index contributed by atoms with van der Waals surface area (Å²) in [5, 5.41) is 16.9. The number of carbonyl (C=O) groups is 1. The summed E-state index contributed by atoms with van der Waals surface area (Å²) in [6.07, 6.45) is 1.22. The molecular weight excluding hydrogens is 350 g/mol. The minimum atomic E-state index is -0.0991. The Hall–Kier alpha value is -3.59. The third-order valence-corrected chi connectivity index (χ3v) is 4.75. The molecule has 0 radical (unpaired) electrons. The monoisotopic (exact) mass is 373 g/mol. The minimum absolute atomic E-state index is 0.0991. The second-order valence-corrected chi connectivity index (χ2v) is 6.72. The van der Waals surface area contributed by atoms with Crippen LogP contribution in [0.5, 0.6) is 0 Å². The van der Waals surface area contributed by atoms with Crippen LogP contribution in [0, 0.1) is 25.2 Å². The molecule has 0 atom stereocenters. The second-order valence-electron chi connectivity index (χ2n) is 6.72. The average Bonchev–Trinajstić information content (AvgIpc) is 3.03. The molecule has 0 aliphatic rings. The van der Waals surface area contributed by atoms with Gasteiger partial charge in [-0.2, -0.15) is 10.4 Å². The molecular formula is C22H23N5O. The van der Waals surface area contributed by atoms with Crippen LogP contribution in [0.1, 0.15) is 39.2 Å². The van der Waals surface area contributed by atoms with Crippen LogP contribution in [0.2, 0.25) is 0 Å². The summed E-state index contributed by atoms with van der Waals surface area (Å²) in [5.74, 6) is 0.237. The first-order chi connectivity index (χ1) is 13.5. The third-order valence-electron chi connectivity index (χ3n) is 4.75. The number of anilines is 1. The molecule has 0 saturated heterocycles. The van der Waals surface area contributed by atoms with Gasteiger partial charge in [0.05, 0.1) is 11.4 Å². The lowest BCUT2D eigenvalue weighted by molar-refractivity contribution is 0.0953. The zero-order valence-corrected chi connectivity index (χ0v) is 16.1. The molecule has 1 heterocycles. The fraction of sp³-hybridized carbons (Fsp3) is 0.227. The van der Waals surface area contributed by atoms with Crippen molar-refractivity contribution in [3.63, 3.8) is 0 Å². The number of nitrogens with one attached hydrogen (secondary N) is 1. The summed E-state index contributed by atoms with van der Waals surface area (Å²) in [6.45, 7) is 4.50. The molecule has 28 heavy (non-hydrogen) atoms. The maximum Gasteiger partial charge on any atom is 0.251 e. The summed E-state index contributed by atoms with van der Waals surface area (Å²) < 4.78 is 1.58. The number of nitrogen functional groups attached to an aromatic ring is 1. The van der Waals surface area contributed by atoms with E-state index in [0.29, 0.717) is 42.0 Å². The van der Waals surface area contributed by atoms with Crippen LogP contribution in [0.4, 0.5) is 5.82 Å². The number of nitrogens with zero attached hydrogens (tertiary/aromatic N) is 3. The Morgan fingerprint density at radius 1 is 1.18 bits per heavy atom. The summed E-state index contributed by atoms with van der Waals surface area (Å²) in [5.41, 5.74) is 10.9. The summed E-state index contributed by atoms with van der Waals surface area (Å²) in [6, 6.07) is 17.3. The standard InChI is InChI=1S/C22H23N5O/c1-15-10-11-17(13-16(15)2)22(28)25-12-6-9-20-19(14-23)21(24)27(26-20)18-7-4-3-5-8-18/h3-5,7-8,10-11,13H,6,9,12,24H2,1-2H3,(H,25,28). The predicted octanol–water partition coefficient (Wildman–Crippen LogP) is 3.31. The van der Waals surface area contributed by atoms with Gasteiger partial charge in [0.1, 0.15) is 17.5 Å². The molecule has 6 nitrogen and oxygen atoms in total. The minimum Gasteiger partial charge on any atom is -0.382 e. The molecule has 0 fully saturated rings. The number of hydrogen-bond donors (Lipinski definition) is 2. The molecule has 3 N–H and O–H groups in total. The zero-order valence-electron chi connectivity index (χ0n) is 16.1. The van der Waals surface area contributed by atoms with E-state index < -0.39 is 0 Å². The van der Waals surface area contributed by atoms with Gasteiger partial charge in [-0.05, 0) is 62.1 Å². The summed E-state index contributed by atoms with van der Waals surface area (Å²) in [4.78, 5) is 12.3. The van der Waals surface area contributed by atoms with Gasteiger partial charge in [0, 0.05) is 12.1 Å². The zero-order chi connectivity index (χ0) is 20.1. The smallest absolute Gasteiger partial charge is 0.251 e. The molecule has 0 spiro atoms. The van der Waals surface area contributed by atoms with Crippen molar-refractivity contribution >= 4 is 11.7 Å².